The predicted octanol–water partition coefficient (Wildman–Crippen LogP) is 3.44. The van der Waals surface area contributed by atoms with E-state index < -0.39 is 0 Å². The minimum absolute atomic E-state index is 0.567. The Hall–Kier alpha value is -1.09. The number of hydrogen-bond donors (Lipinski definition) is 2. The fraction of sp³-hybridized carbons (Fsp3) is 0.533. The van der Waals surface area contributed by atoms with Crippen LogP contribution in [0.2, 0.25) is 0 Å². The molecule has 2 N–H and O–H groups in total. The molecule has 100 valence electrons. The minimum atomic E-state index is 0.567. The normalized spacial score (nSPS) is 11.9. The first-order valence-electron chi connectivity index (χ1n) is 6.80. The van der Waals surface area contributed by atoms with Crippen LogP contribution < -0.4 is 10.6 Å². The van der Waals surface area contributed by atoms with Gasteiger partial charge in [-0.15, -0.1) is 0 Å². The van der Waals surface area contributed by atoms with Crippen molar-refractivity contribution in [3.63, 3.8) is 0 Å². The van der Waals surface area contributed by atoms with Gasteiger partial charge in [0.05, 0.1) is 0 Å². The Labute approximate surface area is 116 Å². The van der Waals surface area contributed by atoms with E-state index in [0.717, 1.165) is 24.6 Å². The Morgan fingerprint density at radius 1 is 1.17 bits per heavy atom. The van der Waals surface area contributed by atoms with Crippen molar-refractivity contribution in [1.82, 2.24) is 10.6 Å². The van der Waals surface area contributed by atoms with Crippen molar-refractivity contribution in [2.45, 2.75) is 39.0 Å². The molecule has 0 bridgehead atoms. The SMILES string of the molecule is CCCCNC(=S)NCCC(C)c1ccccc1. The van der Waals surface area contributed by atoms with Crippen LogP contribution in [0.3, 0.4) is 0 Å². The van der Waals surface area contributed by atoms with Gasteiger partial charge >= 0.3 is 0 Å². The van der Waals surface area contributed by atoms with Crippen molar-refractivity contribution in [2.75, 3.05) is 13.1 Å². The number of rotatable bonds is 7. The number of hydrogen-bond acceptors (Lipinski definition) is 1. The third kappa shape index (κ3) is 6.01. The van der Waals surface area contributed by atoms with Crippen LogP contribution in [0.15, 0.2) is 30.3 Å². The molecule has 0 saturated heterocycles. The fourth-order valence-corrected chi connectivity index (χ4v) is 2.00. The topological polar surface area (TPSA) is 24.1 Å². The summed E-state index contributed by atoms with van der Waals surface area (Å²) in [7, 11) is 0. The van der Waals surface area contributed by atoms with E-state index in [2.05, 4.69) is 54.8 Å². The maximum absolute atomic E-state index is 5.21. The standard InChI is InChI=1S/C15H24N2S/c1-3-4-11-16-15(18)17-12-10-13(2)14-8-6-5-7-9-14/h5-9,13H,3-4,10-12H2,1-2H3,(H2,16,17,18). The summed E-state index contributed by atoms with van der Waals surface area (Å²) in [5.41, 5.74) is 1.39. The summed E-state index contributed by atoms with van der Waals surface area (Å²) in [5, 5.41) is 7.26. The van der Waals surface area contributed by atoms with E-state index in [1.54, 1.807) is 0 Å². The molecule has 0 aliphatic heterocycles. The van der Waals surface area contributed by atoms with Gasteiger partial charge in [-0.05, 0) is 36.5 Å². The Morgan fingerprint density at radius 3 is 2.50 bits per heavy atom. The Kier molecular flexibility index (Phi) is 7.42. The van der Waals surface area contributed by atoms with Gasteiger partial charge < -0.3 is 10.6 Å². The van der Waals surface area contributed by atoms with Gasteiger partial charge in [-0.3, -0.25) is 0 Å². The second-order valence-electron chi connectivity index (χ2n) is 4.64. The summed E-state index contributed by atoms with van der Waals surface area (Å²) < 4.78 is 0. The first-order valence-corrected chi connectivity index (χ1v) is 7.21. The molecule has 0 amide bonds. The predicted molar refractivity (Wildman–Crippen MR) is 83.0 cm³/mol. The molecule has 0 fully saturated rings. The highest BCUT2D eigenvalue weighted by Gasteiger charge is 2.04. The van der Waals surface area contributed by atoms with Gasteiger partial charge in [0, 0.05) is 13.1 Å². The fourth-order valence-electron chi connectivity index (χ4n) is 1.79. The molecule has 0 aliphatic carbocycles. The van der Waals surface area contributed by atoms with Crippen molar-refractivity contribution in [3.8, 4) is 0 Å². The van der Waals surface area contributed by atoms with E-state index in [9.17, 15) is 0 Å². The summed E-state index contributed by atoms with van der Waals surface area (Å²) in [6.07, 6.45) is 3.46. The molecule has 3 heteroatoms. The van der Waals surface area contributed by atoms with Gasteiger partial charge in [0.1, 0.15) is 0 Å². The van der Waals surface area contributed by atoms with Crippen LogP contribution in [0.4, 0.5) is 0 Å². The summed E-state index contributed by atoms with van der Waals surface area (Å²) in [5.74, 6) is 0.567. The van der Waals surface area contributed by atoms with Gasteiger partial charge in [0.15, 0.2) is 5.11 Å². The minimum Gasteiger partial charge on any atom is -0.363 e. The summed E-state index contributed by atoms with van der Waals surface area (Å²) in [4.78, 5) is 0. The highest BCUT2D eigenvalue weighted by atomic mass is 32.1. The Balaban J connectivity index is 2.16. The van der Waals surface area contributed by atoms with Gasteiger partial charge in [0.25, 0.3) is 0 Å². The van der Waals surface area contributed by atoms with Crippen molar-refractivity contribution < 1.29 is 0 Å². The van der Waals surface area contributed by atoms with Crippen LogP contribution in [-0.2, 0) is 0 Å². The van der Waals surface area contributed by atoms with Gasteiger partial charge in [0.2, 0.25) is 0 Å². The maximum Gasteiger partial charge on any atom is 0.166 e. The zero-order valence-corrected chi connectivity index (χ0v) is 12.2. The van der Waals surface area contributed by atoms with Crippen LogP contribution >= 0.6 is 12.2 Å². The largest absolute Gasteiger partial charge is 0.363 e. The summed E-state index contributed by atoms with van der Waals surface area (Å²) >= 11 is 5.21. The molecular formula is C15H24N2S. The van der Waals surface area contributed by atoms with E-state index in [1.807, 2.05) is 0 Å². The third-order valence-corrected chi connectivity index (χ3v) is 3.34. The zero-order valence-electron chi connectivity index (χ0n) is 11.4. The van der Waals surface area contributed by atoms with Crippen molar-refractivity contribution in [1.29, 1.82) is 0 Å². The first kappa shape index (κ1) is 15.0. The molecule has 0 aliphatic rings. The second kappa shape index (κ2) is 8.92. The smallest absolute Gasteiger partial charge is 0.166 e. The van der Waals surface area contributed by atoms with Gasteiger partial charge in [-0.2, -0.15) is 0 Å². The van der Waals surface area contributed by atoms with Crippen LogP contribution in [0, 0.1) is 0 Å². The van der Waals surface area contributed by atoms with E-state index in [1.165, 1.54) is 18.4 Å². The monoisotopic (exact) mass is 264 g/mol. The lowest BCUT2D eigenvalue weighted by Gasteiger charge is -2.14. The quantitative estimate of drug-likeness (QED) is 0.583. The van der Waals surface area contributed by atoms with Gasteiger partial charge in [-0.25, -0.2) is 0 Å². The molecule has 0 heterocycles. The molecule has 0 radical (unpaired) electrons. The van der Waals surface area contributed by atoms with E-state index >= 15 is 0 Å². The summed E-state index contributed by atoms with van der Waals surface area (Å²) in [6, 6.07) is 10.6. The van der Waals surface area contributed by atoms with Crippen LogP contribution in [0.1, 0.15) is 44.6 Å². The first-order chi connectivity index (χ1) is 8.74. The molecule has 1 aromatic rings. The highest BCUT2D eigenvalue weighted by molar-refractivity contribution is 7.80. The second-order valence-corrected chi connectivity index (χ2v) is 5.04. The van der Waals surface area contributed by atoms with Crippen LogP contribution in [0.25, 0.3) is 0 Å². The van der Waals surface area contributed by atoms with Crippen molar-refractivity contribution >= 4 is 17.3 Å². The molecule has 18 heavy (non-hydrogen) atoms. The Morgan fingerprint density at radius 2 is 1.83 bits per heavy atom. The maximum atomic E-state index is 5.21. The molecule has 1 atom stereocenters. The third-order valence-electron chi connectivity index (χ3n) is 3.05. The lowest BCUT2D eigenvalue weighted by atomic mass is 9.98. The zero-order chi connectivity index (χ0) is 13.2. The molecule has 0 aromatic heterocycles. The molecule has 1 aromatic carbocycles. The molecule has 0 spiro atoms. The number of nitrogens with one attached hydrogen (secondary N) is 2. The average Bonchev–Trinajstić information content (AvgIpc) is 2.40. The lowest BCUT2D eigenvalue weighted by Crippen LogP contribution is -2.36. The molecule has 0 saturated carbocycles. The molecule has 1 rings (SSSR count). The van der Waals surface area contributed by atoms with E-state index in [0.29, 0.717) is 5.92 Å². The summed E-state index contributed by atoms with van der Waals surface area (Å²) in [6.45, 7) is 6.33. The molecule has 2 nitrogen and oxygen atoms in total. The number of benzene rings is 1. The molecular weight excluding hydrogens is 240 g/mol. The molecule has 1 unspecified atom stereocenters. The van der Waals surface area contributed by atoms with Crippen LogP contribution in [0.5, 0.6) is 0 Å². The average molecular weight is 264 g/mol. The van der Waals surface area contributed by atoms with Crippen LogP contribution in [-0.4, -0.2) is 18.2 Å². The van der Waals surface area contributed by atoms with E-state index in [-0.39, 0.29) is 0 Å². The highest BCUT2D eigenvalue weighted by Crippen LogP contribution is 2.17. The van der Waals surface area contributed by atoms with Crippen molar-refractivity contribution in [2.24, 2.45) is 0 Å². The van der Waals surface area contributed by atoms with Gasteiger partial charge in [-0.1, -0.05) is 50.6 Å². The van der Waals surface area contributed by atoms with E-state index in [4.69, 9.17) is 12.2 Å². The number of thiocarbonyl (C=S) groups is 1. The lowest BCUT2D eigenvalue weighted by molar-refractivity contribution is 0.653. The number of unbranched alkanes of at least 4 members (excludes halogenated alkanes) is 1. The van der Waals surface area contributed by atoms with Crippen molar-refractivity contribution in [3.05, 3.63) is 35.9 Å². The Bertz CT molecular complexity index is 338.